The first-order valence-electron chi connectivity index (χ1n) is 13.5. The fourth-order valence-corrected chi connectivity index (χ4v) is 4.42. The molecule has 0 spiro atoms. The van der Waals surface area contributed by atoms with Crippen molar-refractivity contribution in [1.29, 1.82) is 0 Å². The SMILES string of the molecule is CCCCCCCC/C=C\CCCCCCCC(=O)Nc1cc(C(=O)NCCOC)ccc1SC. The Morgan fingerprint density at radius 3 is 2.17 bits per heavy atom. The van der Waals surface area contributed by atoms with Gasteiger partial charge < -0.3 is 15.4 Å². The Morgan fingerprint density at radius 2 is 1.54 bits per heavy atom. The molecular weight excluding hydrogens is 456 g/mol. The van der Waals surface area contributed by atoms with Gasteiger partial charge in [0.25, 0.3) is 5.91 Å². The Balaban J connectivity index is 2.18. The lowest BCUT2D eigenvalue weighted by atomic mass is 10.1. The van der Waals surface area contributed by atoms with E-state index in [4.69, 9.17) is 4.74 Å². The zero-order valence-electron chi connectivity index (χ0n) is 22.3. The highest BCUT2D eigenvalue weighted by molar-refractivity contribution is 7.98. The Kier molecular flexibility index (Phi) is 19.2. The quantitative estimate of drug-likeness (QED) is 0.102. The summed E-state index contributed by atoms with van der Waals surface area (Å²) in [7, 11) is 1.60. The minimum atomic E-state index is -0.164. The van der Waals surface area contributed by atoms with Crippen molar-refractivity contribution < 1.29 is 14.3 Å². The monoisotopic (exact) mass is 504 g/mol. The molecule has 0 unspecified atom stereocenters. The summed E-state index contributed by atoms with van der Waals surface area (Å²) in [6, 6.07) is 5.42. The molecule has 0 aliphatic heterocycles. The zero-order chi connectivity index (χ0) is 25.6. The van der Waals surface area contributed by atoms with E-state index in [1.807, 2.05) is 12.3 Å². The number of benzene rings is 1. The number of carbonyl (C=O) groups is 2. The summed E-state index contributed by atoms with van der Waals surface area (Å²) in [5.74, 6) is -0.155. The fraction of sp³-hybridized carbons (Fsp3) is 0.655. The van der Waals surface area contributed by atoms with Crippen LogP contribution >= 0.6 is 11.8 Å². The number of hydrogen-bond donors (Lipinski definition) is 2. The van der Waals surface area contributed by atoms with Crippen molar-refractivity contribution in [2.75, 3.05) is 31.8 Å². The molecule has 0 radical (unpaired) electrons. The summed E-state index contributed by atoms with van der Waals surface area (Å²) in [6.45, 7) is 3.18. The second-order valence-corrected chi connectivity index (χ2v) is 9.89. The highest BCUT2D eigenvalue weighted by atomic mass is 32.2. The van der Waals surface area contributed by atoms with Crippen molar-refractivity contribution in [1.82, 2.24) is 5.32 Å². The summed E-state index contributed by atoms with van der Waals surface area (Å²) < 4.78 is 4.97. The topological polar surface area (TPSA) is 67.4 Å². The van der Waals surface area contributed by atoms with Crippen LogP contribution in [0.4, 0.5) is 5.69 Å². The molecule has 0 saturated heterocycles. The molecule has 1 aromatic rings. The maximum Gasteiger partial charge on any atom is 0.251 e. The normalized spacial score (nSPS) is 11.2. The van der Waals surface area contributed by atoms with Crippen molar-refractivity contribution >= 4 is 29.3 Å². The standard InChI is InChI=1S/C29H48N2O3S/c1-4-5-6-7-8-9-10-11-12-13-14-15-16-17-18-19-28(32)31-26-24-25(20-21-27(26)35-3)29(33)30-22-23-34-2/h11-12,20-21,24H,4-10,13-19,22-23H2,1-3H3,(H,30,33)(H,31,32)/b12-11-. The number of nitrogens with one attached hydrogen (secondary N) is 2. The average molecular weight is 505 g/mol. The molecule has 0 aliphatic carbocycles. The van der Waals surface area contributed by atoms with Crippen LogP contribution in [0.15, 0.2) is 35.2 Å². The van der Waals surface area contributed by atoms with Crippen LogP contribution in [0.3, 0.4) is 0 Å². The molecule has 0 aromatic heterocycles. The van der Waals surface area contributed by atoms with E-state index in [1.54, 1.807) is 31.0 Å². The van der Waals surface area contributed by atoms with E-state index in [1.165, 1.54) is 70.6 Å². The van der Waals surface area contributed by atoms with Gasteiger partial charge in [-0.05, 0) is 56.6 Å². The number of allylic oxidation sites excluding steroid dienone is 2. The summed E-state index contributed by atoms with van der Waals surface area (Å²) in [5, 5.41) is 5.81. The van der Waals surface area contributed by atoms with Crippen LogP contribution in [0.1, 0.15) is 107 Å². The number of amides is 2. The number of ether oxygens (including phenoxy) is 1. The van der Waals surface area contributed by atoms with Crippen LogP contribution in [0.5, 0.6) is 0 Å². The number of hydrogen-bond acceptors (Lipinski definition) is 4. The summed E-state index contributed by atoms with van der Waals surface area (Å²) >= 11 is 1.56. The first-order chi connectivity index (χ1) is 17.1. The molecule has 0 bridgehead atoms. The van der Waals surface area contributed by atoms with Crippen LogP contribution < -0.4 is 10.6 Å². The molecular formula is C29H48N2O3S. The van der Waals surface area contributed by atoms with Crippen molar-refractivity contribution in [2.24, 2.45) is 0 Å². The lowest BCUT2D eigenvalue weighted by Gasteiger charge is -2.12. The minimum Gasteiger partial charge on any atom is -0.383 e. The maximum atomic E-state index is 12.5. The molecule has 0 heterocycles. The van der Waals surface area contributed by atoms with Crippen molar-refractivity contribution in [2.45, 2.75) is 102 Å². The predicted molar refractivity (Wildman–Crippen MR) is 151 cm³/mol. The maximum absolute atomic E-state index is 12.5. The Bertz CT molecular complexity index is 737. The van der Waals surface area contributed by atoms with E-state index in [-0.39, 0.29) is 11.8 Å². The molecule has 1 rings (SSSR count). The fourth-order valence-electron chi connectivity index (χ4n) is 3.88. The van der Waals surface area contributed by atoms with Gasteiger partial charge in [0.1, 0.15) is 0 Å². The molecule has 0 aliphatic rings. The number of methoxy groups -OCH3 is 1. The van der Waals surface area contributed by atoms with E-state index in [0.29, 0.717) is 30.8 Å². The summed E-state index contributed by atoms with van der Waals surface area (Å²) in [4.78, 5) is 25.7. The number of anilines is 1. The average Bonchev–Trinajstić information content (AvgIpc) is 2.86. The number of unbranched alkanes of at least 4 members (excludes halogenated alkanes) is 11. The van der Waals surface area contributed by atoms with Gasteiger partial charge in [0.2, 0.25) is 5.91 Å². The van der Waals surface area contributed by atoms with Crippen LogP contribution in [0, 0.1) is 0 Å². The summed E-state index contributed by atoms with van der Waals surface area (Å²) in [5.41, 5.74) is 1.24. The van der Waals surface area contributed by atoms with Crippen LogP contribution in [-0.2, 0) is 9.53 Å². The van der Waals surface area contributed by atoms with Crippen LogP contribution in [0.25, 0.3) is 0 Å². The molecule has 2 amide bonds. The van der Waals surface area contributed by atoms with E-state index in [0.717, 1.165) is 17.7 Å². The van der Waals surface area contributed by atoms with Crippen LogP contribution in [-0.4, -0.2) is 38.3 Å². The minimum absolute atomic E-state index is 0.00914. The van der Waals surface area contributed by atoms with E-state index < -0.39 is 0 Å². The number of carbonyl (C=O) groups excluding carboxylic acids is 2. The van der Waals surface area contributed by atoms with Gasteiger partial charge in [-0.1, -0.05) is 70.4 Å². The largest absolute Gasteiger partial charge is 0.383 e. The van der Waals surface area contributed by atoms with Gasteiger partial charge in [-0.3, -0.25) is 9.59 Å². The van der Waals surface area contributed by atoms with E-state index in [9.17, 15) is 9.59 Å². The van der Waals surface area contributed by atoms with Gasteiger partial charge in [-0.15, -0.1) is 11.8 Å². The Hall–Kier alpha value is -1.79. The van der Waals surface area contributed by atoms with Crippen molar-refractivity contribution in [3.63, 3.8) is 0 Å². The van der Waals surface area contributed by atoms with Crippen molar-refractivity contribution in [3.05, 3.63) is 35.9 Å². The van der Waals surface area contributed by atoms with Gasteiger partial charge >= 0.3 is 0 Å². The third kappa shape index (κ3) is 15.7. The van der Waals surface area contributed by atoms with E-state index in [2.05, 4.69) is 29.7 Å². The molecule has 198 valence electrons. The molecule has 0 atom stereocenters. The Morgan fingerprint density at radius 1 is 0.914 bits per heavy atom. The number of rotatable bonds is 21. The smallest absolute Gasteiger partial charge is 0.251 e. The van der Waals surface area contributed by atoms with Gasteiger partial charge in [0.15, 0.2) is 0 Å². The molecule has 6 heteroatoms. The van der Waals surface area contributed by atoms with Gasteiger partial charge in [0, 0.05) is 30.5 Å². The highest BCUT2D eigenvalue weighted by Gasteiger charge is 2.11. The second-order valence-electron chi connectivity index (χ2n) is 9.05. The molecule has 0 saturated carbocycles. The van der Waals surface area contributed by atoms with Crippen molar-refractivity contribution in [3.8, 4) is 0 Å². The molecule has 2 N–H and O–H groups in total. The third-order valence-electron chi connectivity index (χ3n) is 5.99. The Labute approximate surface area is 218 Å². The second kappa shape index (κ2) is 21.5. The first kappa shape index (κ1) is 31.2. The third-order valence-corrected chi connectivity index (χ3v) is 6.79. The summed E-state index contributed by atoms with van der Waals surface area (Å²) in [6.07, 6.45) is 23.3. The molecule has 1 aromatic carbocycles. The predicted octanol–water partition coefficient (Wildman–Crippen LogP) is 7.76. The van der Waals surface area contributed by atoms with E-state index >= 15 is 0 Å². The molecule has 5 nitrogen and oxygen atoms in total. The molecule has 35 heavy (non-hydrogen) atoms. The molecule has 0 fully saturated rings. The van der Waals surface area contributed by atoms with Crippen LogP contribution in [0.2, 0.25) is 0 Å². The van der Waals surface area contributed by atoms with Gasteiger partial charge in [-0.2, -0.15) is 0 Å². The van der Waals surface area contributed by atoms with Gasteiger partial charge in [0.05, 0.1) is 12.3 Å². The lowest BCUT2D eigenvalue weighted by Crippen LogP contribution is -2.27. The van der Waals surface area contributed by atoms with Gasteiger partial charge in [-0.25, -0.2) is 0 Å². The highest BCUT2D eigenvalue weighted by Crippen LogP contribution is 2.27. The first-order valence-corrected chi connectivity index (χ1v) is 14.7. The number of thioether (sulfide) groups is 1. The zero-order valence-corrected chi connectivity index (χ0v) is 23.1. The lowest BCUT2D eigenvalue weighted by molar-refractivity contribution is -0.116.